The zero-order valence-corrected chi connectivity index (χ0v) is 11.1. The van der Waals surface area contributed by atoms with Crippen molar-refractivity contribution in [3.05, 3.63) is 23.8 Å². The van der Waals surface area contributed by atoms with Gasteiger partial charge in [-0.15, -0.1) is 0 Å². The fourth-order valence-corrected chi connectivity index (χ4v) is 1.85. The second kappa shape index (κ2) is 7.24. The molecular formula is C14H23NO3. The molecule has 0 aliphatic rings. The third-order valence-electron chi connectivity index (χ3n) is 2.96. The summed E-state index contributed by atoms with van der Waals surface area (Å²) in [5, 5.41) is 31.9. The third-order valence-corrected chi connectivity index (χ3v) is 2.96. The number of rotatable bonds is 7. The lowest BCUT2D eigenvalue weighted by Gasteiger charge is -2.17. The molecule has 0 aliphatic heterocycles. The van der Waals surface area contributed by atoms with E-state index in [2.05, 4.69) is 19.2 Å². The van der Waals surface area contributed by atoms with Gasteiger partial charge in [-0.3, -0.25) is 0 Å². The molecule has 18 heavy (non-hydrogen) atoms. The summed E-state index contributed by atoms with van der Waals surface area (Å²) in [6, 6.07) is 4.52. The van der Waals surface area contributed by atoms with E-state index in [9.17, 15) is 15.3 Å². The molecule has 4 heteroatoms. The first kappa shape index (κ1) is 14.8. The van der Waals surface area contributed by atoms with Gasteiger partial charge in [0.2, 0.25) is 0 Å². The van der Waals surface area contributed by atoms with Gasteiger partial charge in [0, 0.05) is 18.7 Å². The van der Waals surface area contributed by atoms with E-state index in [-0.39, 0.29) is 11.5 Å². The smallest absolute Gasteiger partial charge is 0.119 e. The number of aromatic hydroxyl groups is 2. The van der Waals surface area contributed by atoms with Crippen molar-refractivity contribution in [2.75, 3.05) is 6.54 Å². The first-order valence-electron chi connectivity index (χ1n) is 6.47. The summed E-state index contributed by atoms with van der Waals surface area (Å²) < 4.78 is 0. The monoisotopic (exact) mass is 253 g/mol. The van der Waals surface area contributed by atoms with Crippen molar-refractivity contribution in [2.45, 2.75) is 45.3 Å². The number of aliphatic hydroxyl groups excluding tert-OH is 1. The van der Waals surface area contributed by atoms with E-state index >= 15 is 0 Å². The van der Waals surface area contributed by atoms with Gasteiger partial charge in [-0.1, -0.05) is 19.8 Å². The maximum absolute atomic E-state index is 9.96. The Labute approximate surface area is 108 Å². The Morgan fingerprint density at radius 3 is 2.33 bits per heavy atom. The maximum Gasteiger partial charge on any atom is 0.119 e. The van der Waals surface area contributed by atoms with Crippen LogP contribution in [0.2, 0.25) is 0 Å². The van der Waals surface area contributed by atoms with Gasteiger partial charge in [-0.25, -0.2) is 0 Å². The molecule has 1 aromatic carbocycles. The Morgan fingerprint density at radius 2 is 1.78 bits per heavy atom. The summed E-state index contributed by atoms with van der Waals surface area (Å²) in [7, 11) is 0. The average molecular weight is 253 g/mol. The molecule has 0 aromatic heterocycles. The number of hydrogen-bond donors (Lipinski definition) is 4. The Hall–Kier alpha value is -1.26. The predicted molar refractivity (Wildman–Crippen MR) is 71.7 cm³/mol. The second-order valence-corrected chi connectivity index (χ2v) is 4.75. The zero-order valence-electron chi connectivity index (χ0n) is 11.1. The third kappa shape index (κ3) is 4.94. The van der Waals surface area contributed by atoms with Crippen molar-refractivity contribution in [1.29, 1.82) is 0 Å². The summed E-state index contributed by atoms with van der Waals surface area (Å²) in [5.74, 6) is -0.0776. The number of nitrogens with one attached hydrogen (secondary N) is 1. The summed E-state index contributed by atoms with van der Waals surface area (Å²) in [6.45, 7) is 4.65. The fraction of sp³-hybridized carbons (Fsp3) is 0.571. The first-order valence-corrected chi connectivity index (χ1v) is 6.47. The van der Waals surface area contributed by atoms with Crippen molar-refractivity contribution in [1.82, 2.24) is 5.32 Å². The summed E-state index contributed by atoms with van der Waals surface area (Å²) >= 11 is 0. The van der Waals surface area contributed by atoms with Crippen LogP contribution in [-0.2, 0) is 0 Å². The molecule has 4 N–H and O–H groups in total. The molecule has 0 amide bonds. The lowest BCUT2D eigenvalue weighted by Crippen LogP contribution is -2.30. The van der Waals surface area contributed by atoms with Crippen LogP contribution in [-0.4, -0.2) is 27.9 Å². The molecule has 0 saturated heterocycles. The minimum absolute atomic E-state index is 0.0388. The molecule has 0 bridgehead atoms. The van der Waals surface area contributed by atoms with Crippen LogP contribution in [0, 0.1) is 0 Å². The number of phenolic OH excluding ortho intramolecular Hbond substituents is 2. The number of hydrogen-bond acceptors (Lipinski definition) is 4. The standard InChI is InChI=1S/C14H23NO3/c1-3-4-5-10(2)15-9-14(18)11-6-12(16)8-13(17)7-11/h6-8,10,14-18H,3-5,9H2,1-2H3/t10-,14+/m1/s1. The Bertz CT molecular complexity index is 348. The summed E-state index contributed by atoms with van der Waals surface area (Å²) in [4.78, 5) is 0. The van der Waals surface area contributed by atoms with Gasteiger partial charge in [0.25, 0.3) is 0 Å². The average Bonchev–Trinajstić information content (AvgIpc) is 2.32. The molecule has 0 spiro atoms. The van der Waals surface area contributed by atoms with E-state index in [4.69, 9.17) is 0 Å². The van der Waals surface area contributed by atoms with Crippen LogP contribution in [0.1, 0.15) is 44.8 Å². The van der Waals surface area contributed by atoms with Crippen LogP contribution in [0.4, 0.5) is 0 Å². The van der Waals surface area contributed by atoms with Gasteiger partial charge >= 0.3 is 0 Å². The number of aliphatic hydroxyl groups is 1. The van der Waals surface area contributed by atoms with Crippen LogP contribution in [0.25, 0.3) is 0 Å². The molecule has 2 atom stereocenters. The Morgan fingerprint density at radius 1 is 1.17 bits per heavy atom. The molecular weight excluding hydrogens is 230 g/mol. The summed E-state index contributed by atoms with van der Waals surface area (Å²) in [5.41, 5.74) is 0.516. The minimum Gasteiger partial charge on any atom is -0.508 e. The summed E-state index contributed by atoms with van der Waals surface area (Å²) in [6.07, 6.45) is 2.67. The molecule has 0 aliphatic carbocycles. The van der Waals surface area contributed by atoms with E-state index in [1.165, 1.54) is 18.2 Å². The molecule has 4 nitrogen and oxygen atoms in total. The van der Waals surface area contributed by atoms with E-state index in [0.717, 1.165) is 19.3 Å². The van der Waals surface area contributed by atoms with Crippen LogP contribution >= 0.6 is 0 Å². The quantitative estimate of drug-likeness (QED) is 0.601. The predicted octanol–water partition coefficient (Wildman–Crippen LogP) is 2.30. The van der Waals surface area contributed by atoms with E-state index in [0.29, 0.717) is 18.2 Å². The van der Waals surface area contributed by atoms with Crippen LogP contribution < -0.4 is 5.32 Å². The van der Waals surface area contributed by atoms with Gasteiger partial charge in [0.1, 0.15) is 11.5 Å². The normalized spacial score (nSPS) is 14.4. The van der Waals surface area contributed by atoms with Crippen molar-refractivity contribution >= 4 is 0 Å². The van der Waals surface area contributed by atoms with Crippen LogP contribution in [0.15, 0.2) is 18.2 Å². The highest BCUT2D eigenvalue weighted by Crippen LogP contribution is 2.24. The maximum atomic E-state index is 9.96. The largest absolute Gasteiger partial charge is 0.508 e. The molecule has 0 saturated carbocycles. The van der Waals surface area contributed by atoms with E-state index < -0.39 is 6.10 Å². The first-order chi connectivity index (χ1) is 8.52. The lowest BCUT2D eigenvalue weighted by molar-refractivity contribution is 0.169. The number of benzene rings is 1. The van der Waals surface area contributed by atoms with Gasteiger partial charge in [0.15, 0.2) is 0 Å². The molecule has 0 unspecified atom stereocenters. The Kier molecular flexibility index (Phi) is 5.95. The van der Waals surface area contributed by atoms with Crippen molar-refractivity contribution in [3.63, 3.8) is 0 Å². The molecule has 102 valence electrons. The van der Waals surface area contributed by atoms with Gasteiger partial charge in [0.05, 0.1) is 6.10 Å². The molecule has 0 radical (unpaired) electrons. The van der Waals surface area contributed by atoms with Gasteiger partial charge in [-0.05, 0) is 31.0 Å². The zero-order chi connectivity index (χ0) is 13.5. The number of unbranched alkanes of at least 4 members (excludes halogenated alkanes) is 1. The Balaban J connectivity index is 2.47. The van der Waals surface area contributed by atoms with Crippen molar-refractivity contribution < 1.29 is 15.3 Å². The van der Waals surface area contributed by atoms with E-state index in [1.807, 2.05) is 0 Å². The molecule has 0 fully saturated rings. The molecule has 1 rings (SSSR count). The number of phenols is 2. The topological polar surface area (TPSA) is 72.7 Å². The highest BCUT2D eigenvalue weighted by atomic mass is 16.3. The minimum atomic E-state index is -0.730. The van der Waals surface area contributed by atoms with Crippen LogP contribution in [0.5, 0.6) is 11.5 Å². The second-order valence-electron chi connectivity index (χ2n) is 4.75. The fourth-order valence-electron chi connectivity index (χ4n) is 1.85. The highest BCUT2D eigenvalue weighted by Gasteiger charge is 2.11. The SMILES string of the molecule is CCCC[C@@H](C)NC[C@H](O)c1cc(O)cc(O)c1. The van der Waals surface area contributed by atoms with Crippen molar-refractivity contribution in [3.8, 4) is 11.5 Å². The molecule has 1 aromatic rings. The van der Waals surface area contributed by atoms with Crippen LogP contribution in [0.3, 0.4) is 0 Å². The van der Waals surface area contributed by atoms with Gasteiger partial charge < -0.3 is 20.6 Å². The van der Waals surface area contributed by atoms with E-state index in [1.54, 1.807) is 0 Å². The van der Waals surface area contributed by atoms with Crippen molar-refractivity contribution in [2.24, 2.45) is 0 Å². The van der Waals surface area contributed by atoms with Gasteiger partial charge in [-0.2, -0.15) is 0 Å². The lowest BCUT2D eigenvalue weighted by atomic mass is 10.1. The highest BCUT2D eigenvalue weighted by molar-refractivity contribution is 5.37. The molecule has 0 heterocycles.